The van der Waals surface area contributed by atoms with Crippen molar-refractivity contribution in [3.63, 3.8) is 0 Å². The lowest BCUT2D eigenvalue weighted by Gasteiger charge is -2.23. The van der Waals surface area contributed by atoms with Crippen LogP contribution in [0.3, 0.4) is 0 Å². The molecule has 4 nitrogen and oxygen atoms in total. The first-order valence-electron chi connectivity index (χ1n) is 4.99. The van der Waals surface area contributed by atoms with E-state index >= 15 is 0 Å². The standard InChI is InChI=1S/C10H19N3O/c1-10(12,7-11)8-13-4-3-9(5-13)6-14-2/h9H,3-6,8,12H2,1-2H3. The largest absolute Gasteiger partial charge is 0.384 e. The number of nitrogens with two attached hydrogens (primary N) is 1. The molecule has 1 aliphatic rings. The quantitative estimate of drug-likeness (QED) is 0.699. The van der Waals surface area contributed by atoms with Gasteiger partial charge in [-0.3, -0.25) is 0 Å². The molecular weight excluding hydrogens is 178 g/mol. The number of ether oxygens (including phenoxy) is 1. The van der Waals surface area contributed by atoms with Crippen LogP contribution in [0.2, 0.25) is 0 Å². The summed E-state index contributed by atoms with van der Waals surface area (Å²) < 4.78 is 5.11. The number of hydrogen-bond donors (Lipinski definition) is 1. The molecule has 0 spiro atoms. The van der Waals surface area contributed by atoms with Crippen LogP contribution in [0.4, 0.5) is 0 Å². The molecule has 0 bridgehead atoms. The zero-order valence-corrected chi connectivity index (χ0v) is 8.99. The van der Waals surface area contributed by atoms with Crippen molar-refractivity contribution in [1.29, 1.82) is 5.26 Å². The monoisotopic (exact) mass is 197 g/mol. The highest BCUT2D eigenvalue weighted by atomic mass is 16.5. The minimum absolute atomic E-state index is 0.606. The summed E-state index contributed by atoms with van der Waals surface area (Å²) in [5, 5.41) is 8.80. The first-order chi connectivity index (χ1) is 6.57. The average molecular weight is 197 g/mol. The van der Waals surface area contributed by atoms with E-state index in [9.17, 15) is 0 Å². The van der Waals surface area contributed by atoms with Gasteiger partial charge in [-0.1, -0.05) is 0 Å². The van der Waals surface area contributed by atoms with Crippen molar-refractivity contribution in [2.24, 2.45) is 11.7 Å². The number of likely N-dealkylation sites (tertiary alicyclic amines) is 1. The molecule has 1 rings (SSSR count). The fourth-order valence-corrected chi connectivity index (χ4v) is 1.93. The number of nitriles is 1. The van der Waals surface area contributed by atoms with Crippen molar-refractivity contribution in [2.45, 2.75) is 18.9 Å². The summed E-state index contributed by atoms with van der Waals surface area (Å²) in [5.74, 6) is 0.606. The third kappa shape index (κ3) is 3.26. The number of methoxy groups -OCH3 is 1. The lowest BCUT2D eigenvalue weighted by Crippen LogP contribution is -2.46. The van der Waals surface area contributed by atoms with Gasteiger partial charge < -0.3 is 15.4 Å². The fraction of sp³-hybridized carbons (Fsp3) is 0.900. The van der Waals surface area contributed by atoms with Gasteiger partial charge >= 0.3 is 0 Å². The molecule has 0 aromatic rings. The van der Waals surface area contributed by atoms with Gasteiger partial charge in [-0.25, -0.2) is 0 Å². The Morgan fingerprint density at radius 2 is 2.43 bits per heavy atom. The molecule has 1 heterocycles. The van der Waals surface area contributed by atoms with Gasteiger partial charge in [0.25, 0.3) is 0 Å². The van der Waals surface area contributed by atoms with E-state index in [1.165, 1.54) is 0 Å². The molecule has 2 atom stereocenters. The summed E-state index contributed by atoms with van der Waals surface area (Å²) in [5.41, 5.74) is 5.06. The maximum atomic E-state index is 8.80. The van der Waals surface area contributed by atoms with E-state index in [2.05, 4.69) is 11.0 Å². The summed E-state index contributed by atoms with van der Waals surface area (Å²) in [4.78, 5) is 2.24. The molecule has 14 heavy (non-hydrogen) atoms. The highest BCUT2D eigenvalue weighted by molar-refractivity contribution is 5.03. The Hall–Kier alpha value is -0.630. The summed E-state index contributed by atoms with van der Waals surface area (Å²) in [7, 11) is 1.73. The van der Waals surface area contributed by atoms with Gasteiger partial charge in [0.15, 0.2) is 0 Å². The van der Waals surface area contributed by atoms with Gasteiger partial charge in [0.1, 0.15) is 5.54 Å². The molecule has 2 unspecified atom stereocenters. The molecule has 80 valence electrons. The van der Waals surface area contributed by atoms with Crippen LogP contribution < -0.4 is 5.73 Å². The summed E-state index contributed by atoms with van der Waals surface area (Å²) >= 11 is 0. The van der Waals surface area contributed by atoms with E-state index in [4.69, 9.17) is 15.7 Å². The van der Waals surface area contributed by atoms with Crippen molar-refractivity contribution >= 4 is 0 Å². The smallest absolute Gasteiger partial charge is 0.114 e. The number of nitrogens with zero attached hydrogens (tertiary/aromatic N) is 2. The summed E-state index contributed by atoms with van der Waals surface area (Å²) in [6.45, 7) is 5.27. The van der Waals surface area contributed by atoms with Gasteiger partial charge in [0.2, 0.25) is 0 Å². The van der Waals surface area contributed by atoms with Crippen LogP contribution in [0.25, 0.3) is 0 Å². The molecule has 2 N–H and O–H groups in total. The molecular formula is C10H19N3O. The Balaban J connectivity index is 2.33. The van der Waals surface area contributed by atoms with E-state index in [0.717, 1.165) is 26.1 Å². The Labute approximate surface area is 85.6 Å². The van der Waals surface area contributed by atoms with E-state index in [0.29, 0.717) is 12.5 Å². The third-order valence-electron chi connectivity index (χ3n) is 2.58. The molecule has 0 radical (unpaired) electrons. The van der Waals surface area contributed by atoms with Crippen molar-refractivity contribution in [2.75, 3.05) is 33.4 Å². The zero-order chi connectivity index (χ0) is 10.6. The van der Waals surface area contributed by atoms with Crippen molar-refractivity contribution < 1.29 is 4.74 Å². The second-order valence-corrected chi connectivity index (χ2v) is 4.37. The van der Waals surface area contributed by atoms with E-state index in [1.807, 2.05) is 0 Å². The predicted octanol–water partition coefficient (Wildman–Crippen LogP) is 0.196. The van der Waals surface area contributed by atoms with Crippen LogP contribution in [0.15, 0.2) is 0 Å². The summed E-state index contributed by atoms with van der Waals surface area (Å²) in [6, 6.07) is 2.12. The van der Waals surface area contributed by atoms with Gasteiger partial charge in [-0.05, 0) is 25.8 Å². The first kappa shape index (κ1) is 11.4. The van der Waals surface area contributed by atoms with E-state index < -0.39 is 5.54 Å². The molecule has 0 aromatic carbocycles. The topological polar surface area (TPSA) is 62.3 Å². The third-order valence-corrected chi connectivity index (χ3v) is 2.58. The van der Waals surface area contributed by atoms with Gasteiger partial charge in [0.05, 0.1) is 12.7 Å². The molecule has 1 fully saturated rings. The second-order valence-electron chi connectivity index (χ2n) is 4.37. The molecule has 0 aromatic heterocycles. The molecule has 0 aliphatic carbocycles. The SMILES string of the molecule is COCC1CCN(CC(C)(N)C#N)C1. The van der Waals surface area contributed by atoms with Crippen LogP contribution in [-0.4, -0.2) is 43.8 Å². The number of hydrogen-bond acceptors (Lipinski definition) is 4. The van der Waals surface area contributed by atoms with E-state index in [1.54, 1.807) is 14.0 Å². The minimum atomic E-state index is -0.720. The summed E-state index contributed by atoms with van der Waals surface area (Å²) in [6.07, 6.45) is 1.15. The first-order valence-corrected chi connectivity index (χ1v) is 4.99. The van der Waals surface area contributed by atoms with Crippen LogP contribution in [0.1, 0.15) is 13.3 Å². The fourth-order valence-electron chi connectivity index (χ4n) is 1.93. The molecule has 1 aliphatic heterocycles. The lowest BCUT2D eigenvalue weighted by molar-refractivity contribution is 0.151. The Kier molecular flexibility index (Phi) is 3.87. The van der Waals surface area contributed by atoms with Crippen molar-refractivity contribution in [1.82, 2.24) is 4.90 Å². The number of rotatable bonds is 4. The lowest BCUT2D eigenvalue weighted by atomic mass is 10.1. The average Bonchev–Trinajstić information content (AvgIpc) is 2.53. The van der Waals surface area contributed by atoms with Gasteiger partial charge in [-0.2, -0.15) is 5.26 Å². The van der Waals surface area contributed by atoms with E-state index in [-0.39, 0.29) is 0 Å². The predicted molar refractivity (Wildman–Crippen MR) is 54.6 cm³/mol. The van der Waals surface area contributed by atoms with Crippen LogP contribution in [0, 0.1) is 17.2 Å². The Morgan fingerprint density at radius 3 is 3.00 bits per heavy atom. The van der Waals surface area contributed by atoms with Gasteiger partial charge in [-0.15, -0.1) is 0 Å². The molecule has 0 saturated carbocycles. The van der Waals surface area contributed by atoms with Crippen LogP contribution >= 0.6 is 0 Å². The molecule has 1 saturated heterocycles. The Morgan fingerprint density at radius 1 is 1.71 bits per heavy atom. The Bertz CT molecular complexity index is 222. The van der Waals surface area contributed by atoms with Gasteiger partial charge in [0, 0.05) is 20.2 Å². The van der Waals surface area contributed by atoms with Crippen LogP contribution in [-0.2, 0) is 4.74 Å². The van der Waals surface area contributed by atoms with Crippen molar-refractivity contribution in [3.8, 4) is 6.07 Å². The van der Waals surface area contributed by atoms with Crippen molar-refractivity contribution in [3.05, 3.63) is 0 Å². The molecule has 4 heteroatoms. The highest BCUT2D eigenvalue weighted by Crippen LogP contribution is 2.17. The maximum absolute atomic E-state index is 8.80. The minimum Gasteiger partial charge on any atom is -0.384 e. The maximum Gasteiger partial charge on any atom is 0.114 e. The highest BCUT2D eigenvalue weighted by Gasteiger charge is 2.28. The normalized spacial score (nSPS) is 27.1. The molecule has 0 amide bonds. The second kappa shape index (κ2) is 4.74. The zero-order valence-electron chi connectivity index (χ0n) is 8.99. The van der Waals surface area contributed by atoms with Crippen LogP contribution in [0.5, 0.6) is 0 Å².